The van der Waals surface area contributed by atoms with Gasteiger partial charge in [-0.2, -0.15) is 0 Å². The molecule has 0 heterocycles. The number of hydrogen-bond donors (Lipinski definition) is 0. The van der Waals surface area contributed by atoms with Crippen molar-refractivity contribution in [2.45, 2.75) is 40.0 Å². The largest absolute Gasteiger partial charge is 0.513 e. The predicted octanol–water partition coefficient (Wildman–Crippen LogP) is 3.25. The second kappa shape index (κ2) is 7.65. The van der Waals surface area contributed by atoms with E-state index in [4.69, 9.17) is 9.47 Å². The summed E-state index contributed by atoms with van der Waals surface area (Å²) < 4.78 is 9.45. The fourth-order valence-electron chi connectivity index (χ4n) is 0.821. The lowest BCUT2D eigenvalue weighted by atomic mass is 10.2. The highest BCUT2D eigenvalue weighted by Crippen LogP contribution is 2.03. The molecule has 0 saturated heterocycles. The van der Waals surface area contributed by atoms with Crippen LogP contribution in [0.15, 0.2) is 11.8 Å². The molecule has 0 bridgehead atoms. The van der Waals surface area contributed by atoms with Crippen molar-refractivity contribution in [1.82, 2.24) is 0 Å². The van der Waals surface area contributed by atoms with Crippen LogP contribution >= 0.6 is 0 Å². The summed E-state index contributed by atoms with van der Waals surface area (Å²) in [6.45, 7) is 6.36. The number of hydrogen-bond acceptors (Lipinski definition) is 3. The first kappa shape index (κ1) is 12.0. The van der Waals surface area contributed by atoms with Gasteiger partial charge in [-0.3, -0.25) is 0 Å². The third-order valence-electron chi connectivity index (χ3n) is 1.42. The summed E-state index contributed by atoms with van der Waals surface area (Å²) >= 11 is 0. The van der Waals surface area contributed by atoms with Crippen molar-refractivity contribution < 1.29 is 14.3 Å². The van der Waals surface area contributed by atoms with Gasteiger partial charge in [0.05, 0.1) is 12.9 Å². The molecule has 0 unspecified atom stereocenters. The average molecular weight is 186 g/mol. The van der Waals surface area contributed by atoms with Crippen LogP contribution in [0.1, 0.15) is 40.0 Å². The van der Waals surface area contributed by atoms with Crippen molar-refractivity contribution >= 4 is 6.16 Å². The van der Waals surface area contributed by atoms with Gasteiger partial charge in [-0.05, 0) is 25.3 Å². The highest BCUT2D eigenvalue weighted by atomic mass is 16.7. The Kier molecular flexibility index (Phi) is 7.07. The molecule has 3 nitrogen and oxygen atoms in total. The zero-order valence-electron chi connectivity index (χ0n) is 8.63. The van der Waals surface area contributed by atoms with Gasteiger partial charge in [0.2, 0.25) is 0 Å². The molecule has 0 aliphatic heterocycles. The lowest BCUT2D eigenvalue weighted by molar-refractivity contribution is 0.0842. The third kappa shape index (κ3) is 7.37. The van der Waals surface area contributed by atoms with Gasteiger partial charge >= 0.3 is 6.16 Å². The molecule has 76 valence electrons. The van der Waals surface area contributed by atoms with Crippen molar-refractivity contribution in [1.29, 1.82) is 0 Å². The van der Waals surface area contributed by atoms with E-state index in [1.54, 1.807) is 0 Å². The smallest absolute Gasteiger partial charge is 0.434 e. The minimum Gasteiger partial charge on any atom is -0.434 e. The van der Waals surface area contributed by atoms with Gasteiger partial charge in [-0.25, -0.2) is 4.79 Å². The van der Waals surface area contributed by atoms with Crippen LogP contribution in [0.25, 0.3) is 0 Å². The van der Waals surface area contributed by atoms with E-state index in [-0.39, 0.29) is 0 Å². The number of rotatable bonds is 5. The molecule has 3 heteroatoms. The lowest BCUT2D eigenvalue weighted by Crippen LogP contribution is -2.04. The minimum atomic E-state index is -0.614. The second-order valence-corrected chi connectivity index (χ2v) is 2.93. The predicted molar refractivity (Wildman–Crippen MR) is 51.4 cm³/mol. The van der Waals surface area contributed by atoms with E-state index in [9.17, 15) is 4.79 Å². The molecule has 13 heavy (non-hydrogen) atoms. The molecule has 0 aliphatic carbocycles. The minimum absolute atomic E-state index is 0.416. The van der Waals surface area contributed by atoms with E-state index in [1.165, 1.54) is 6.26 Å². The van der Waals surface area contributed by atoms with Crippen LogP contribution in [0.2, 0.25) is 0 Å². The second-order valence-electron chi connectivity index (χ2n) is 2.93. The average Bonchev–Trinajstić information content (AvgIpc) is 2.12. The SMILES string of the molecule is CCCOC(=O)OC=C(C)CCC. The Labute approximate surface area is 79.7 Å². The Hall–Kier alpha value is -0.990. The van der Waals surface area contributed by atoms with E-state index in [0.717, 1.165) is 24.8 Å². The van der Waals surface area contributed by atoms with Crippen LogP contribution in [-0.2, 0) is 9.47 Å². The molecule has 0 fully saturated rings. The van der Waals surface area contributed by atoms with E-state index in [2.05, 4.69) is 6.92 Å². The van der Waals surface area contributed by atoms with Crippen LogP contribution < -0.4 is 0 Å². The van der Waals surface area contributed by atoms with Crippen molar-refractivity contribution in [2.24, 2.45) is 0 Å². The van der Waals surface area contributed by atoms with Crippen LogP contribution in [0.3, 0.4) is 0 Å². The fourth-order valence-corrected chi connectivity index (χ4v) is 0.821. The Morgan fingerprint density at radius 2 is 2.00 bits per heavy atom. The van der Waals surface area contributed by atoms with Crippen LogP contribution in [-0.4, -0.2) is 12.8 Å². The van der Waals surface area contributed by atoms with Crippen molar-refractivity contribution in [3.05, 3.63) is 11.8 Å². The molecule has 0 atom stereocenters. The monoisotopic (exact) mass is 186 g/mol. The Morgan fingerprint density at radius 1 is 1.31 bits per heavy atom. The fraction of sp³-hybridized carbons (Fsp3) is 0.700. The molecular weight excluding hydrogens is 168 g/mol. The molecule has 0 aliphatic rings. The summed E-state index contributed by atoms with van der Waals surface area (Å²) in [5.74, 6) is 0. The first-order valence-electron chi connectivity index (χ1n) is 4.69. The molecule has 0 saturated carbocycles. The van der Waals surface area contributed by atoms with Crippen LogP contribution in [0.5, 0.6) is 0 Å². The first-order chi connectivity index (χ1) is 6.20. The number of allylic oxidation sites excluding steroid dienone is 1. The first-order valence-corrected chi connectivity index (χ1v) is 4.69. The van der Waals surface area contributed by atoms with Gasteiger partial charge in [-0.15, -0.1) is 0 Å². The maximum Gasteiger partial charge on any atom is 0.513 e. The van der Waals surface area contributed by atoms with Gasteiger partial charge in [0.15, 0.2) is 0 Å². The van der Waals surface area contributed by atoms with E-state index in [1.807, 2.05) is 13.8 Å². The van der Waals surface area contributed by atoms with E-state index < -0.39 is 6.16 Å². The van der Waals surface area contributed by atoms with Gasteiger partial charge in [0.1, 0.15) is 0 Å². The summed E-state index contributed by atoms with van der Waals surface area (Å²) in [5, 5.41) is 0. The summed E-state index contributed by atoms with van der Waals surface area (Å²) in [7, 11) is 0. The molecule has 0 amide bonds. The van der Waals surface area contributed by atoms with Gasteiger partial charge in [-0.1, -0.05) is 20.3 Å². The van der Waals surface area contributed by atoms with Gasteiger partial charge in [0.25, 0.3) is 0 Å². The molecule has 0 N–H and O–H groups in total. The van der Waals surface area contributed by atoms with Crippen LogP contribution in [0, 0.1) is 0 Å². The van der Waals surface area contributed by atoms with Gasteiger partial charge in [0, 0.05) is 0 Å². The molecular formula is C10H18O3. The Balaban J connectivity index is 3.60. The highest BCUT2D eigenvalue weighted by molar-refractivity contribution is 5.60. The molecule has 0 aromatic rings. The van der Waals surface area contributed by atoms with Crippen molar-refractivity contribution in [3.8, 4) is 0 Å². The topological polar surface area (TPSA) is 35.5 Å². The zero-order chi connectivity index (χ0) is 10.1. The van der Waals surface area contributed by atoms with E-state index in [0.29, 0.717) is 6.61 Å². The summed E-state index contributed by atoms with van der Waals surface area (Å²) in [5.41, 5.74) is 1.05. The number of ether oxygens (including phenoxy) is 2. The van der Waals surface area contributed by atoms with Crippen molar-refractivity contribution in [2.75, 3.05) is 6.61 Å². The quantitative estimate of drug-likeness (QED) is 0.488. The Morgan fingerprint density at radius 3 is 2.54 bits per heavy atom. The standard InChI is InChI=1S/C10H18O3/c1-4-6-9(3)8-13-10(11)12-7-5-2/h8H,4-7H2,1-3H3. The summed E-state index contributed by atoms with van der Waals surface area (Å²) in [4.78, 5) is 10.8. The summed E-state index contributed by atoms with van der Waals surface area (Å²) in [6, 6.07) is 0. The van der Waals surface area contributed by atoms with Crippen LogP contribution in [0.4, 0.5) is 4.79 Å². The summed E-state index contributed by atoms with van der Waals surface area (Å²) in [6.07, 6.45) is 3.66. The normalized spacial score (nSPS) is 11.2. The highest BCUT2D eigenvalue weighted by Gasteiger charge is 1.99. The maximum atomic E-state index is 10.8. The number of carbonyl (C=O) groups excluding carboxylic acids is 1. The van der Waals surface area contributed by atoms with Crippen molar-refractivity contribution in [3.63, 3.8) is 0 Å². The third-order valence-corrected chi connectivity index (χ3v) is 1.42. The molecule has 0 radical (unpaired) electrons. The Bertz CT molecular complexity index is 173. The van der Waals surface area contributed by atoms with E-state index >= 15 is 0 Å². The molecule has 0 spiro atoms. The number of carbonyl (C=O) groups is 1. The molecule has 0 rings (SSSR count). The molecule has 0 aromatic heterocycles. The van der Waals surface area contributed by atoms with Gasteiger partial charge < -0.3 is 9.47 Å². The molecule has 0 aromatic carbocycles. The zero-order valence-corrected chi connectivity index (χ0v) is 8.63. The maximum absolute atomic E-state index is 10.8. The lowest BCUT2D eigenvalue weighted by Gasteiger charge is -2.01.